The summed E-state index contributed by atoms with van der Waals surface area (Å²) in [4.78, 5) is 10.2. The van der Waals surface area contributed by atoms with E-state index in [2.05, 4.69) is 21.9 Å². The molecule has 1 saturated heterocycles. The van der Waals surface area contributed by atoms with Crippen molar-refractivity contribution in [2.24, 2.45) is 0 Å². The minimum absolute atomic E-state index is 0.320. The molecule has 4 nitrogen and oxygen atoms in total. The van der Waals surface area contributed by atoms with E-state index >= 15 is 0 Å². The van der Waals surface area contributed by atoms with Gasteiger partial charge in [0.05, 0.1) is 0 Å². The van der Waals surface area contributed by atoms with Crippen molar-refractivity contribution in [2.75, 3.05) is 20.1 Å². The van der Waals surface area contributed by atoms with E-state index in [4.69, 9.17) is 4.74 Å². The molecule has 1 aliphatic rings. The number of likely N-dealkylation sites (tertiary alicyclic amines) is 1. The highest BCUT2D eigenvalue weighted by Gasteiger charge is 2.17. The fourth-order valence-corrected chi connectivity index (χ4v) is 1.62. The Labute approximate surface area is 83.9 Å². The molecule has 0 spiro atoms. The molecular weight excluding hydrogens is 178 g/mol. The van der Waals surface area contributed by atoms with Crippen molar-refractivity contribution in [1.82, 2.24) is 14.9 Å². The summed E-state index contributed by atoms with van der Waals surface area (Å²) >= 11 is 0. The molecule has 4 heteroatoms. The molecule has 1 fully saturated rings. The summed E-state index contributed by atoms with van der Waals surface area (Å²) in [5.74, 6) is 0.689. The van der Waals surface area contributed by atoms with E-state index in [0.717, 1.165) is 25.9 Å². The van der Waals surface area contributed by atoms with Gasteiger partial charge < -0.3 is 9.64 Å². The van der Waals surface area contributed by atoms with Crippen molar-refractivity contribution in [3.05, 3.63) is 18.6 Å². The third-order valence-electron chi connectivity index (χ3n) is 2.51. The SMILES string of the molecule is CN1CCC(Oc2ccncn2)CC1. The number of aromatic nitrogens is 2. The zero-order valence-corrected chi connectivity index (χ0v) is 8.39. The zero-order chi connectivity index (χ0) is 9.80. The zero-order valence-electron chi connectivity index (χ0n) is 8.39. The first-order valence-electron chi connectivity index (χ1n) is 4.96. The molecule has 76 valence electrons. The minimum Gasteiger partial charge on any atom is -0.474 e. The second-order valence-electron chi connectivity index (χ2n) is 3.67. The number of hydrogen-bond donors (Lipinski definition) is 0. The van der Waals surface area contributed by atoms with E-state index in [1.807, 2.05) is 0 Å². The van der Waals surface area contributed by atoms with Crippen LogP contribution < -0.4 is 4.74 Å². The Kier molecular flexibility index (Phi) is 2.93. The molecule has 0 amide bonds. The van der Waals surface area contributed by atoms with Gasteiger partial charge in [0.1, 0.15) is 12.4 Å². The molecule has 2 rings (SSSR count). The molecule has 1 aromatic rings. The van der Waals surface area contributed by atoms with Crippen molar-refractivity contribution in [3.8, 4) is 5.88 Å². The lowest BCUT2D eigenvalue weighted by Gasteiger charge is -2.28. The predicted octanol–water partition coefficient (Wildman–Crippen LogP) is 0.950. The molecule has 0 saturated carbocycles. The van der Waals surface area contributed by atoms with E-state index < -0.39 is 0 Å². The average Bonchev–Trinajstić information content (AvgIpc) is 2.23. The topological polar surface area (TPSA) is 38.2 Å². The Morgan fingerprint density at radius 3 is 2.86 bits per heavy atom. The van der Waals surface area contributed by atoms with Crippen LogP contribution in [0.1, 0.15) is 12.8 Å². The van der Waals surface area contributed by atoms with Gasteiger partial charge in [-0.15, -0.1) is 0 Å². The number of hydrogen-bond acceptors (Lipinski definition) is 4. The second kappa shape index (κ2) is 4.37. The molecule has 0 radical (unpaired) electrons. The number of ether oxygens (including phenoxy) is 1. The fourth-order valence-electron chi connectivity index (χ4n) is 1.62. The van der Waals surface area contributed by atoms with Crippen LogP contribution >= 0.6 is 0 Å². The summed E-state index contributed by atoms with van der Waals surface area (Å²) in [6.45, 7) is 2.21. The standard InChI is InChI=1S/C10H15N3O/c1-13-6-3-9(4-7-13)14-10-2-5-11-8-12-10/h2,5,8-9H,3-4,6-7H2,1H3. The van der Waals surface area contributed by atoms with Crippen LogP contribution in [0.3, 0.4) is 0 Å². The molecule has 0 aliphatic carbocycles. The molecule has 0 bridgehead atoms. The van der Waals surface area contributed by atoms with Gasteiger partial charge >= 0.3 is 0 Å². The van der Waals surface area contributed by atoms with Gasteiger partial charge in [0.25, 0.3) is 0 Å². The van der Waals surface area contributed by atoms with E-state index in [9.17, 15) is 0 Å². The van der Waals surface area contributed by atoms with Crippen LogP contribution in [0.5, 0.6) is 5.88 Å². The van der Waals surface area contributed by atoms with Crippen molar-refractivity contribution in [2.45, 2.75) is 18.9 Å². The van der Waals surface area contributed by atoms with Gasteiger partial charge in [-0.25, -0.2) is 9.97 Å². The number of rotatable bonds is 2. The first kappa shape index (κ1) is 9.40. The smallest absolute Gasteiger partial charge is 0.216 e. The molecule has 14 heavy (non-hydrogen) atoms. The Morgan fingerprint density at radius 2 is 2.21 bits per heavy atom. The molecule has 1 aliphatic heterocycles. The van der Waals surface area contributed by atoms with E-state index in [-0.39, 0.29) is 0 Å². The predicted molar refractivity (Wildman–Crippen MR) is 53.2 cm³/mol. The van der Waals surface area contributed by atoms with Gasteiger partial charge in [-0.05, 0) is 19.9 Å². The Balaban J connectivity index is 1.87. The monoisotopic (exact) mass is 193 g/mol. The fraction of sp³-hybridized carbons (Fsp3) is 0.600. The van der Waals surface area contributed by atoms with Gasteiger partial charge in [-0.1, -0.05) is 0 Å². The van der Waals surface area contributed by atoms with Crippen LogP contribution in [0, 0.1) is 0 Å². The quantitative estimate of drug-likeness (QED) is 0.701. The van der Waals surface area contributed by atoms with Gasteiger partial charge in [-0.3, -0.25) is 0 Å². The molecule has 0 aromatic carbocycles. The molecule has 0 atom stereocenters. The van der Waals surface area contributed by atoms with Gasteiger partial charge in [0.2, 0.25) is 5.88 Å². The van der Waals surface area contributed by atoms with Crippen LogP contribution in [-0.2, 0) is 0 Å². The van der Waals surface area contributed by atoms with E-state index in [0.29, 0.717) is 12.0 Å². The Hall–Kier alpha value is -1.16. The van der Waals surface area contributed by atoms with Crippen LogP contribution in [0.2, 0.25) is 0 Å². The molecule has 0 unspecified atom stereocenters. The third kappa shape index (κ3) is 2.42. The molecule has 1 aromatic heterocycles. The van der Waals surface area contributed by atoms with Crippen molar-refractivity contribution in [1.29, 1.82) is 0 Å². The number of piperidine rings is 1. The van der Waals surface area contributed by atoms with Crippen molar-refractivity contribution >= 4 is 0 Å². The minimum atomic E-state index is 0.320. The van der Waals surface area contributed by atoms with Crippen LogP contribution in [-0.4, -0.2) is 41.1 Å². The highest BCUT2D eigenvalue weighted by molar-refractivity contribution is 5.05. The van der Waals surface area contributed by atoms with E-state index in [1.54, 1.807) is 12.3 Å². The lowest BCUT2D eigenvalue weighted by atomic mass is 10.1. The van der Waals surface area contributed by atoms with Crippen LogP contribution in [0.25, 0.3) is 0 Å². The normalized spacial score (nSPS) is 19.5. The summed E-state index contributed by atoms with van der Waals surface area (Å²) in [5.41, 5.74) is 0. The average molecular weight is 193 g/mol. The number of nitrogens with zero attached hydrogens (tertiary/aromatic N) is 3. The lowest BCUT2D eigenvalue weighted by molar-refractivity contribution is 0.110. The highest BCUT2D eigenvalue weighted by Crippen LogP contribution is 2.15. The van der Waals surface area contributed by atoms with Crippen molar-refractivity contribution < 1.29 is 4.74 Å². The van der Waals surface area contributed by atoms with Gasteiger partial charge in [0.15, 0.2) is 0 Å². The maximum atomic E-state index is 5.73. The van der Waals surface area contributed by atoms with Gasteiger partial charge in [0, 0.05) is 25.4 Å². The summed E-state index contributed by atoms with van der Waals surface area (Å²) in [6.07, 6.45) is 5.71. The first-order chi connectivity index (χ1) is 6.84. The first-order valence-corrected chi connectivity index (χ1v) is 4.96. The van der Waals surface area contributed by atoms with Crippen molar-refractivity contribution in [3.63, 3.8) is 0 Å². The molecule has 2 heterocycles. The van der Waals surface area contributed by atoms with Gasteiger partial charge in [-0.2, -0.15) is 0 Å². The maximum Gasteiger partial charge on any atom is 0.216 e. The summed E-state index contributed by atoms with van der Waals surface area (Å²) in [6, 6.07) is 1.80. The Morgan fingerprint density at radius 1 is 1.43 bits per heavy atom. The van der Waals surface area contributed by atoms with Crippen LogP contribution in [0.4, 0.5) is 0 Å². The summed E-state index contributed by atoms with van der Waals surface area (Å²) in [5, 5.41) is 0. The molecular formula is C10H15N3O. The van der Waals surface area contributed by atoms with Crippen LogP contribution in [0.15, 0.2) is 18.6 Å². The summed E-state index contributed by atoms with van der Waals surface area (Å²) < 4.78 is 5.73. The maximum absolute atomic E-state index is 5.73. The summed E-state index contributed by atoms with van der Waals surface area (Å²) in [7, 11) is 2.14. The molecule has 0 N–H and O–H groups in total. The third-order valence-corrected chi connectivity index (χ3v) is 2.51. The van der Waals surface area contributed by atoms with E-state index in [1.165, 1.54) is 6.33 Å². The Bertz CT molecular complexity index is 270. The lowest BCUT2D eigenvalue weighted by Crippen LogP contribution is -2.35. The second-order valence-corrected chi connectivity index (χ2v) is 3.67. The highest BCUT2D eigenvalue weighted by atomic mass is 16.5. The largest absolute Gasteiger partial charge is 0.474 e.